The summed E-state index contributed by atoms with van der Waals surface area (Å²) in [6.45, 7) is 0.542. The van der Waals surface area contributed by atoms with Crippen molar-refractivity contribution in [3.63, 3.8) is 0 Å². The zero-order valence-corrected chi connectivity index (χ0v) is 12.7. The van der Waals surface area contributed by atoms with Gasteiger partial charge < -0.3 is 19.7 Å². The molecule has 2 fully saturated rings. The van der Waals surface area contributed by atoms with Gasteiger partial charge in [0.2, 0.25) is 5.82 Å². The second-order valence-electron chi connectivity index (χ2n) is 6.10. The number of ether oxygens (including phenoxy) is 2. The fourth-order valence-electron chi connectivity index (χ4n) is 3.50. The van der Waals surface area contributed by atoms with Crippen LogP contribution in [0, 0.1) is 5.92 Å². The van der Waals surface area contributed by atoms with Crippen molar-refractivity contribution in [2.75, 3.05) is 13.7 Å². The highest BCUT2D eigenvalue weighted by atomic mass is 16.5. The molecule has 2 heterocycles. The van der Waals surface area contributed by atoms with Crippen molar-refractivity contribution < 1.29 is 14.0 Å². The third-order valence-electron chi connectivity index (χ3n) is 4.69. The fraction of sp³-hybridized carbons (Fsp3) is 0.867. The van der Waals surface area contributed by atoms with Crippen LogP contribution in [0.1, 0.15) is 68.9 Å². The SMILES string of the molecule is COC(c1noc(C2CCC(CN)O2)n1)C1CCCCC1. The minimum atomic E-state index is -0.108. The quantitative estimate of drug-likeness (QED) is 0.898. The lowest BCUT2D eigenvalue weighted by molar-refractivity contribution is 0.0271. The maximum absolute atomic E-state index is 5.81. The van der Waals surface area contributed by atoms with Gasteiger partial charge in [-0.1, -0.05) is 24.4 Å². The van der Waals surface area contributed by atoms with Gasteiger partial charge in [-0.3, -0.25) is 0 Å². The Morgan fingerprint density at radius 3 is 2.71 bits per heavy atom. The Kier molecular flexibility index (Phi) is 4.87. The largest absolute Gasteiger partial charge is 0.373 e. The Labute approximate surface area is 125 Å². The second-order valence-corrected chi connectivity index (χ2v) is 6.10. The van der Waals surface area contributed by atoms with Gasteiger partial charge in [0, 0.05) is 13.7 Å². The first-order valence-corrected chi connectivity index (χ1v) is 8.03. The van der Waals surface area contributed by atoms with Crippen LogP contribution in [0.4, 0.5) is 0 Å². The van der Waals surface area contributed by atoms with Gasteiger partial charge in [0.25, 0.3) is 5.89 Å². The van der Waals surface area contributed by atoms with Crippen LogP contribution in [0.2, 0.25) is 0 Å². The number of hydrogen-bond donors (Lipinski definition) is 1. The van der Waals surface area contributed by atoms with Crippen LogP contribution >= 0.6 is 0 Å². The molecule has 1 aliphatic heterocycles. The molecular weight excluding hydrogens is 270 g/mol. The third kappa shape index (κ3) is 3.27. The highest BCUT2D eigenvalue weighted by Crippen LogP contribution is 2.37. The lowest BCUT2D eigenvalue weighted by atomic mass is 9.85. The first kappa shape index (κ1) is 14.9. The molecule has 3 atom stereocenters. The summed E-state index contributed by atoms with van der Waals surface area (Å²) in [6, 6.07) is 0. The molecule has 3 unspecified atom stereocenters. The first-order valence-electron chi connectivity index (χ1n) is 8.03. The van der Waals surface area contributed by atoms with Gasteiger partial charge in [0.15, 0.2) is 0 Å². The zero-order valence-electron chi connectivity index (χ0n) is 12.7. The molecule has 1 aromatic heterocycles. The highest BCUT2D eigenvalue weighted by Gasteiger charge is 2.33. The second kappa shape index (κ2) is 6.85. The summed E-state index contributed by atoms with van der Waals surface area (Å²) >= 11 is 0. The van der Waals surface area contributed by atoms with Crippen LogP contribution in [0.3, 0.4) is 0 Å². The Hall–Kier alpha value is -0.980. The molecule has 0 radical (unpaired) electrons. The van der Waals surface area contributed by atoms with Crippen LogP contribution in [-0.4, -0.2) is 29.9 Å². The summed E-state index contributed by atoms with van der Waals surface area (Å²) in [5.74, 6) is 1.73. The van der Waals surface area contributed by atoms with E-state index in [1.165, 1.54) is 32.1 Å². The molecule has 2 N–H and O–H groups in total. The number of nitrogens with two attached hydrogens (primary N) is 1. The molecule has 0 bridgehead atoms. The molecule has 1 saturated heterocycles. The van der Waals surface area contributed by atoms with E-state index >= 15 is 0 Å². The number of rotatable bonds is 5. The van der Waals surface area contributed by atoms with Gasteiger partial charge in [0.05, 0.1) is 6.10 Å². The molecule has 21 heavy (non-hydrogen) atoms. The molecule has 2 aliphatic rings. The fourth-order valence-corrected chi connectivity index (χ4v) is 3.50. The highest BCUT2D eigenvalue weighted by molar-refractivity contribution is 4.98. The zero-order chi connectivity index (χ0) is 14.7. The Morgan fingerprint density at radius 2 is 2.05 bits per heavy atom. The van der Waals surface area contributed by atoms with Crippen LogP contribution < -0.4 is 5.73 Å². The molecule has 0 spiro atoms. The lowest BCUT2D eigenvalue weighted by Gasteiger charge is -2.26. The first-order chi connectivity index (χ1) is 10.3. The summed E-state index contributed by atoms with van der Waals surface area (Å²) in [6.07, 6.45) is 7.99. The van der Waals surface area contributed by atoms with Crippen LogP contribution in [0.15, 0.2) is 4.52 Å². The van der Waals surface area contributed by atoms with Crippen molar-refractivity contribution in [1.29, 1.82) is 0 Å². The van der Waals surface area contributed by atoms with E-state index in [2.05, 4.69) is 10.1 Å². The van der Waals surface area contributed by atoms with Gasteiger partial charge in [-0.2, -0.15) is 4.98 Å². The molecule has 1 aliphatic carbocycles. The maximum atomic E-state index is 5.81. The number of hydrogen-bond acceptors (Lipinski definition) is 6. The van der Waals surface area contributed by atoms with Crippen molar-refractivity contribution in [3.05, 3.63) is 11.7 Å². The van der Waals surface area contributed by atoms with Crippen molar-refractivity contribution in [2.24, 2.45) is 11.7 Å². The third-order valence-corrected chi connectivity index (χ3v) is 4.69. The van der Waals surface area contributed by atoms with Crippen molar-refractivity contribution in [3.8, 4) is 0 Å². The van der Waals surface area contributed by atoms with Gasteiger partial charge in [-0.05, 0) is 31.6 Å². The number of methoxy groups -OCH3 is 1. The molecular formula is C15H25N3O3. The normalized spacial score (nSPS) is 28.9. The molecule has 6 heteroatoms. The minimum Gasteiger partial charge on any atom is -0.373 e. The summed E-state index contributed by atoms with van der Waals surface area (Å²) in [7, 11) is 1.73. The van der Waals surface area contributed by atoms with Gasteiger partial charge in [-0.15, -0.1) is 0 Å². The van der Waals surface area contributed by atoms with E-state index < -0.39 is 0 Å². The summed E-state index contributed by atoms with van der Waals surface area (Å²) in [5.41, 5.74) is 5.63. The lowest BCUT2D eigenvalue weighted by Crippen LogP contribution is -2.19. The molecule has 3 rings (SSSR count). The average molecular weight is 295 g/mol. The Morgan fingerprint density at radius 1 is 1.24 bits per heavy atom. The van der Waals surface area contributed by atoms with Crippen LogP contribution in [0.25, 0.3) is 0 Å². The summed E-state index contributed by atoms with van der Waals surface area (Å²) in [4.78, 5) is 4.54. The standard InChI is InChI=1S/C15H25N3O3/c1-19-13(10-5-3-2-4-6-10)14-17-15(21-18-14)12-8-7-11(9-16)20-12/h10-13H,2-9,16H2,1H3. The Bertz CT molecular complexity index is 445. The van der Waals surface area contributed by atoms with E-state index in [0.717, 1.165) is 12.8 Å². The monoisotopic (exact) mass is 295 g/mol. The predicted octanol–water partition coefficient (Wildman–Crippen LogP) is 2.52. The van der Waals surface area contributed by atoms with Gasteiger partial charge in [-0.25, -0.2) is 0 Å². The van der Waals surface area contributed by atoms with Crippen LogP contribution in [0.5, 0.6) is 0 Å². The molecule has 1 saturated carbocycles. The van der Waals surface area contributed by atoms with Crippen molar-refractivity contribution in [1.82, 2.24) is 10.1 Å². The van der Waals surface area contributed by atoms with E-state index in [-0.39, 0.29) is 18.3 Å². The number of nitrogens with zero attached hydrogens (tertiary/aromatic N) is 2. The van der Waals surface area contributed by atoms with Crippen molar-refractivity contribution >= 4 is 0 Å². The van der Waals surface area contributed by atoms with Crippen LogP contribution in [-0.2, 0) is 9.47 Å². The van der Waals surface area contributed by atoms with Gasteiger partial charge >= 0.3 is 0 Å². The van der Waals surface area contributed by atoms with Gasteiger partial charge in [0.1, 0.15) is 12.2 Å². The molecule has 118 valence electrons. The van der Waals surface area contributed by atoms with Crippen molar-refractivity contribution in [2.45, 2.75) is 63.3 Å². The topological polar surface area (TPSA) is 83.4 Å². The Balaban J connectivity index is 1.68. The molecule has 1 aromatic rings. The summed E-state index contributed by atoms with van der Waals surface area (Å²) < 4.78 is 16.9. The predicted molar refractivity (Wildman–Crippen MR) is 76.5 cm³/mol. The number of aromatic nitrogens is 2. The molecule has 6 nitrogen and oxygen atoms in total. The van der Waals surface area contributed by atoms with E-state index in [4.69, 9.17) is 19.7 Å². The summed E-state index contributed by atoms with van der Waals surface area (Å²) in [5, 5.41) is 4.14. The maximum Gasteiger partial charge on any atom is 0.255 e. The van der Waals surface area contributed by atoms with E-state index in [9.17, 15) is 0 Å². The van der Waals surface area contributed by atoms with E-state index in [1.807, 2.05) is 0 Å². The smallest absolute Gasteiger partial charge is 0.255 e. The average Bonchev–Trinajstić information content (AvgIpc) is 3.18. The molecule has 0 amide bonds. The van der Waals surface area contributed by atoms with E-state index in [0.29, 0.717) is 24.2 Å². The molecule has 0 aromatic carbocycles. The van der Waals surface area contributed by atoms with E-state index in [1.54, 1.807) is 7.11 Å². The minimum absolute atomic E-state index is 0.0606.